The molecule has 2 aliphatic heterocycles. The predicted octanol–water partition coefficient (Wildman–Crippen LogP) is 3.61. The van der Waals surface area contributed by atoms with Gasteiger partial charge in [-0.1, -0.05) is 24.3 Å². The molecule has 9 nitrogen and oxygen atoms in total. The van der Waals surface area contributed by atoms with Gasteiger partial charge in [0.1, 0.15) is 11.7 Å². The maximum absolute atomic E-state index is 13.9. The molecule has 0 saturated carbocycles. The molecule has 1 saturated heterocycles. The van der Waals surface area contributed by atoms with E-state index in [1.165, 1.54) is 19.2 Å². The third kappa shape index (κ3) is 6.56. The van der Waals surface area contributed by atoms with Gasteiger partial charge >= 0.3 is 5.97 Å². The molecule has 42 heavy (non-hydrogen) atoms. The van der Waals surface area contributed by atoms with Gasteiger partial charge in [-0.25, -0.2) is 4.39 Å². The van der Waals surface area contributed by atoms with Crippen molar-refractivity contribution in [2.24, 2.45) is 4.99 Å². The first kappa shape index (κ1) is 29.1. The van der Waals surface area contributed by atoms with Crippen molar-refractivity contribution in [2.45, 2.75) is 12.3 Å². The Hall–Kier alpha value is -4.41. The first-order valence-electron chi connectivity index (χ1n) is 13.8. The Bertz CT molecular complexity index is 1520. The van der Waals surface area contributed by atoms with Gasteiger partial charge in [-0.05, 0) is 66.2 Å². The summed E-state index contributed by atoms with van der Waals surface area (Å²) in [4.78, 5) is 49.1. The minimum Gasteiger partial charge on any atom is -0.469 e. The summed E-state index contributed by atoms with van der Waals surface area (Å²) in [5.74, 6) is -1.94. The standard InChI is InChI=1S/C32H34FN5O4/c1-36-13-15-38(16-14-36)20-28(39)37(2)25-10-8-24(9-11-25)34-31(22-6-4-5-21(17-22)18-29(40)42-3)30-26-12-7-23(33)19-27(26)35-32(30)41/h4-12,17,19,30H,13-16,18,20H2,1-3H3,(H,35,41). The number of methoxy groups -OCH3 is 1. The van der Waals surface area contributed by atoms with Crippen LogP contribution >= 0.6 is 0 Å². The van der Waals surface area contributed by atoms with Crippen molar-refractivity contribution < 1.29 is 23.5 Å². The molecule has 0 bridgehead atoms. The van der Waals surface area contributed by atoms with Gasteiger partial charge in [0, 0.05) is 44.6 Å². The SMILES string of the molecule is COC(=O)Cc1cccc(C(=Nc2ccc(N(C)C(=O)CN3CCN(C)CC3)cc2)C2C(=O)Nc3cc(F)ccc32)c1. The number of carbonyl (C=O) groups is 3. The Morgan fingerprint density at radius 1 is 1.05 bits per heavy atom. The minimum atomic E-state index is -0.790. The summed E-state index contributed by atoms with van der Waals surface area (Å²) in [5, 5.41) is 2.77. The molecule has 10 heteroatoms. The number of amides is 2. The van der Waals surface area contributed by atoms with Crippen LogP contribution in [0.2, 0.25) is 0 Å². The van der Waals surface area contributed by atoms with Crippen LogP contribution < -0.4 is 10.2 Å². The third-order valence-electron chi connectivity index (χ3n) is 7.73. The fourth-order valence-corrected chi connectivity index (χ4v) is 5.22. The van der Waals surface area contributed by atoms with Gasteiger partial charge in [0.25, 0.3) is 0 Å². The van der Waals surface area contributed by atoms with Crippen molar-refractivity contribution in [3.63, 3.8) is 0 Å². The van der Waals surface area contributed by atoms with Gasteiger partial charge in [-0.3, -0.25) is 24.3 Å². The number of esters is 1. The molecule has 2 aliphatic rings. The predicted molar refractivity (Wildman–Crippen MR) is 160 cm³/mol. The Labute approximate surface area is 244 Å². The largest absolute Gasteiger partial charge is 0.469 e. The van der Waals surface area contributed by atoms with E-state index in [-0.39, 0.29) is 24.2 Å². The number of ether oxygens (including phenoxy) is 1. The molecule has 0 aromatic heterocycles. The van der Waals surface area contributed by atoms with Crippen LogP contribution in [0.1, 0.15) is 22.6 Å². The molecule has 3 aromatic rings. The van der Waals surface area contributed by atoms with Crippen LogP contribution in [0.25, 0.3) is 0 Å². The second-order valence-electron chi connectivity index (χ2n) is 10.7. The summed E-state index contributed by atoms with van der Waals surface area (Å²) in [7, 11) is 5.17. The highest BCUT2D eigenvalue weighted by Crippen LogP contribution is 2.37. The number of aliphatic imine (C=N–C) groups is 1. The number of benzene rings is 3. The lowest BCUT2D eigenvalue weighted by Crippen LogP contribution is -2.48. The number of nitrogens with zero attached hydrogens (tertiary/aromatic N) is 4. The Morgan fingerprint density at radius 2 is 1.79 bits per heavy atom. The molecule has 0 radical (unpaired) electrons. The molecule has 0 aliphatic carbocycles. The van der Waals surface area contributed by atoms with E-state index in [9.17, 15) is 18.8 Å². The smallest absolute Gasteiger partial charge is 0.309 e. The van der Waals surface area contributed by atoms with Crippen LogP contribution in [0, 0.1) is 5.82 Å². The Kier molecular flexibility index (Phi) is 8.75. The van der Waals surface area contributed by atoms with E-state index >= 15 is 0 Å². The zero-order chi connectivity index (χ0) is 29.8. The average molecular weight is 572 g/mol. The second-order valence-corrected chi connectivity index (χ2v) is 10.7. The zero-order valence-electron chi connectivity index (χ0n) is 24.0. The molecular weight excluding hydrogens is 537 g/mol. The Balaban J connectivity index is 1.44. The molecule has 1 N–H and O–H groups in total. The molecule has 3 aromatic carbocycles. The van der Waals surface area contributed by atoms with Gasteiger partial charge in [-0.2, -0.15) is 0 Å². The number of hydrogen-bond donors (Lipinski definition) is 1. The normalized spacial score (nSPS) is 17.5. The monoisotopic (exact) mass is 571 g/mol. The van der Waals surface area contributed by atoms with Crippen LogP contribution in [-0.2, 0) is 25.5 Å². The number of likely N-dealkylation sites (N-methyl/N-ethyl adjacent to an activating group) is 2. The summed E-state index contributed by atoms with van der Waals surface area (Å²) in [5.41, 5.74) is 4.14. The number of piperazine rings is 1. The van der Waals surface area contributed by atoms with E-state index in [4.69, 9.17) is 9.73 Å². The fourth-order valence-electron chi connectivity index (χ4n) is 5.22. The maximum atomic E-state index is 13.9. The highest BCUT2D eigenvalue weighted by Gasteiger charge is 2.36. The summed E-state index contributed by atoms with van der Waals surface area (Å²) in [6, 6.07) is 18.7. The van der Waals surface area contributed by atoms with E-state index < -0.39 is 11.7 Å². The van der Waals surface area contributed by atoms with Crippen LogP contribution in [0.3, 0.4) is 0 Å². The number of halogens is 1. The van der Waals surface area contributed by atoms with E-state index in [0.29, 0.717) is 40.3 Å². The minimum absolute atomic E-state index is 0.00498. The van der Waals surface area contributed by atoms with Gasteiger partial charge in [-0.15, -0.1) is 0 Å². The van der Waals surface area contributed by atoms with E-state index in [0.717, 1.165) is 31.9 Å². The molecule has 1 atom stereocenters. The molecule has 0 spiro atoms. The average Bonchev–Trinajstić information content (AvgIpc) is 3.31. The number of nitrogens with one attached hydrogen (secondary N) is 1. The van der Waals surface area contributed by atoms with Crippen molar-refractivity contribution in [1.29, 1.82) is 0 Å². The van der Waals surface area contributed by atoms with Crippen molar-refractivity contribution in [2.75, 3.05) is 64.1 Å². The highest BCUT2D eigenvalue weighted by atomic mass is 19.1. The number of hydrogen-bond acceptors (Lipinski definition) is 7. The van der Waals surface area contributed by atoms with Gasteiger partial charge < -0.3 is 19.9 Å². The fraction of sp³-hybridized carbons (Fsp3) is 0.312. The second kappa shape index (κ2) is 12.6. The molecule has 2 heterocycles. The van der Waals surface area contributed by atoms with E-state index in [1.54, 1.807) is 42.3 Å². The zero-order valence-corrected chi connectivity index (χ0v) is 24.0. The van der Waals surface area contributed by atoms with Crippen molar-refractivity contribution in [3.8, 4) is 0 Å². The lowest BCUT2D eigenvalue weighted by atomic mass is 9.89. The highest BCUT2D eigenvalue weighted by molar-refractivity contribution is 6.24. The quantitative estimate of drug-likeness (QED) is 0.328. The van der Waals surface area contributed by atoms with Gasteiger partial charge in [0.15, 0.2) is 0 Å². The number of rotatable bonds is 8. The lowest BCUT2D eigenvalue weighted by molar-refractivity contribution is -0.139. The maximum Gasteiger partial charge on any atom is 0.309 e. The molecular formula is C32H34FN5O4. The number of carbonyl (C=O) groups excluding carboxylic acids is 3. The summed E-state index contributed by atoms with van der Waals surface area (Å²) >= 11 is 0. The number of anilines is 2. The van der Waals surface area contributed by atoms with Crippen LogP contribution in [0.15, 0.2) is 71.7 Å². The van der Waals surface area contributed by atoms with E-state index in [1.807, 2.05) is 24.3 Å². The first-order valence-corrected chi connectivity index (χ1v) is 13.8. The molecule has 2 amide bonds. The lowest BCUT2D eigenvalue weighted by Gasteiger charge is -2.32. The number of fused-ring (bicyclic) bond motifs is 1. The third-order valence-corrected chi connectivity index (χ3v) is 7.73. The Morgan fingerprint density at radius 3 is 2.50 bits per heavy atom. The van der Waals surface area contributed by atoms with Gasteiger partial charge in [0.05, 0.1) is 31.5 Å². The van der Waals surface area contributed by atoms with Crippen molar-refractivity contribution >= 4 is 40.6 Å². The summed E-state index contributed by atoms with van der Waals surface area (Å²) in [6.07, 6.45) is 0.0689. The molecule has 1 fully saturated rings. The van der Waals surface area contributed by atoms with Crippen molar-refractivity contribution in [1.82, 2.24) is 9.80 Å². The summed E-state index contributed by atoms with van der Waals surface area (Å²) < 4.78 is 18.8. The summed E-state index contributed by atoms with van der Waals surface area (Å²) in [6.45, 7) is 3.95. The molecule has 218 valence electrons. The van der Waals surface area contributed by atoms with Crippen LogP contribution in [-0.4, -0.2) is 87.2 Å². The van der Waals surface area contributed by atoms with E-state index in [2.05, 4.69) is 22.2 Å². The molecule has 5 rings (SSSR count). The van der Waals surface area contributed by atoms with Gasteiger partial charge in [0.2, 0.25) is 11.8 Å². The first-order chi connectivity index (χ1) is 20.2. The molecule has 1 unspecified atom stereocenters. The van der Waals surface area contributed by atoms with Crippen LogP contribution in [0.4, 0.5) is 21.5 Å². The topological polar surface area (TPSA) is 94.6 Å². The van der Waals surface area contributed by atoms with Crippen LogP contribution in [0.5, 0.6) is 0 Å². The van der Waals surface area contributed by atoms with Crippen molar-refractivity contribution in [3.05, 3.63) is 89.2 Å².